The maximum Gasteiger partial charge on any atom is 0.416 e. The number of carbonyl (C=O) groups is 1. The minimum atomic E-state index is -4.34. The molecule has 1 amide bonds. The number of nitrogens with one attached hydrogen (secondary N) is 3. The van der Waals surface area contributed by atoms with Crippen LogP contribution in [-0.4, -0.2) is 31.1 Å². The zero-order valence-corrected chi connectivity index (χ0v) is 11.6. The maximum atomic E-state index is 12.4. The molecule has 0 aliphatic carbocycles. The number of halogens is 3. The Bertz CT molecular complexity index is 479. The molecule has 3 N–H and O–H groups in total. The lowest BCUT2D eigenvalue weighted by Gasteiger charge is -2.28. The van der Waals surface area contributed by atoms with Crippen LogP contribution >= 0.6 is 0 Å². The minimum Gasteiger partial charge on any atom is -0.351 e. The van der Waals surface area contributed by atoms with Crippen LogP contribution in [0.1, 0.15) is 18.1 Å². The third kappa shape index (κ3) is 4.44. The zero-order valence-electron chi connectivity index (χ0n) is 11.6. The normalized spacial score (nSPS) is 22.9. The summed E-state index contributed by atoms with van der Waals surface area (Å²) in [5.41, 5.74) is -0.0572. The van der Waals surface area contributed by atoms with Gasteiger partial charge in [-0.05, 0) is 24.6 Å². The van der Waals surface area contributed by atoms with Crippen LogP contribution in [0.15, 0.2) is 24.3 Å². The number of rotatable bonds is 3. The second-order valence-electron chi connectivity index (χ2n) is 5.18. The first kappa shape index (κ1) is 15.8. The number of benzene rings is 1. The van der Waals surface area contributed by atoms with E-state index in [0.29, 0.717) is 24.7 Å². The van der Waals surface area contributed by atoms with Crippen LogP contribution in [0.25, 0.3) is 0 Å². The van der Waals surface area contributed by atoms with Crippen molar-refractivity contribution in [3.8, 4) is 0 Å². The molecule has 1 heterocycles. The predicted octanol–water partition coefficient (Wildman–Crippen LogP) is 1.27. The summed E-state index contributed by atoms with van der Waals surface area (Å²) in [5.74, 6) is -0.158. The van der Waals surface area contributed by atoms with Crippen molar-refractivity contribution in [1.29, 1.82) is 0 Å². The van der Waals surface area contributed by atoms with E-state index in [2.05, 4.69) is 16.0 Å². The van der Waals surface area contributed by atoms with Crippen LogP contribution in [-0.2, 0) is 17.5 Å². The lowest BCUT2D eigenvalue weighted by molar-refractivity contribution is -0.137. The number of amides is 1. The fourth-order valence-corrected chi connectivity index (χ4v) is 2.09. The SMILES string of the molecule is CC1CNC(C(=O)NCc2ccc(C(F)(F)F)cc2)CN1. The molecule has 0 aromatic heterocycles. The molecule has 0 spiro atoms. The lowest BCUT2D eigenvalue weighted by Crippen LogP contribution is -2.58. The fraction of sp³-hybridized carbons (Fsp3) is 0.500. The molecule has 0 bridgehead atoms. The smallest absolute Gasteiger partial charge is 0.351 e. The van der Waals surface area contributed by atoms with Crippen LogP contribution in [0, 0.1) is 0 Å². The van der Waals surface area contributed by atoms with Gasteiger partial charge in [0.05, 0.1) is 11.6 Å². The van der Waals surface area contributed by atoms with Crippen molar-refractivity contribution < 1.29 is 18.0 Å². The summed E-state index contributed by atoms with van der Waals surface area (Å²) in [4.78, 5) is 11.9. The van der Waals surface area contributed by atoms with E-state index >= 15 is 0 Å². The van der Waals surface area contributed by atoms with Crippen LogP contribution in [0.4, 0.5) is 13.2 Å². The van der Waals surface area contributed by atoms with Crippen LogP contribution in [0.3, 0.4) is 0 Å². The van der Waals surface area contributed by atoms with E-state index in [9.17, 15) is 18.0 Å². The van der Waals surface area contributed by atoms with E-state index in [0.717, 1.165) is 12.1 Å². The summed E-state index contributed by atoms with van der Waals surface area (Å²) in [6.07, 6.45) is -4.34. The summed E-state index contributed by atoms with van der Waals surface area (Å²) >= 11 is 0. The van der Waals surface area contributed by atoms with Gasteiger partial charge in [-0.3, -0.25) is 4.79 Å². The van der Waals surface area contributed by atoms with Crippen molar-refractivity contribution in [2.24, 2.45) is 0 Å². The monoisotopic (exact) mass is 301 g/mol. The first-order chi connectivity index (χ1) is 9.86. The van der Waals surface area contributed by atoms with Crippen molar-refractivity contribution in [2.75, 3.05) is 13.1 Å². The van der Waals surface area contributed by atoms with E-state index in [1.54, 1.807) is 0 Å². The summed E-state index contributed by atoms with van der Waals surface area (Å²) in [6.45, 7) is 3.48. The van der Waals surface area contributed by atoms with Gasteiger partial charge in [-0.15, -0.1) is 0 Å². The molecule has 0 radical (unpaired) electrons. The number of hydrogen-bond donors (Lipinski definition) is 3. The minimum absolute atomic E-state index is 0.158. The average Bonchev–Trinajstić information content (AvgIpc) is 2.45. The molecule has 1 aromatic carbocycles. The number of alkyl halides is 3. The van der Waals surface area contributed by atoms with E-state index in [1.165, 1.54) is 12.1 Å². The van der Waals surface area contributed by atoms with Gasteiger partial charge in [0.15, 0.2) is 0 Å². The third-order valence-corrected chi connectivity index (χ3v) is 3.41. The molecule has 0 saturated carbocycles. The maximum absolute atomic E-state index is 12.4. The Labute approximate surface area is 121 Å². The molecule has 2 atom stereocenters. The van der Waals surface area contributed by atoms with Gasteiger partial charge in [-0.25, -0.2) is 0 Å². The highest BCUT2D eigenvalue weighted by molar-refractivity contribution is 5.82. The fourth-order valence-electron chi connectivity index (χ4n) is 2.09. The molecular formula is C14H18F3N3O. The first-order valence-corrected chi connectivity index (χ1v) is 6.77. The zero-order chi connectivity index (χ0) is 15.5. The van der Waals surface area contributed by atoms with Crippen molar-refractivity contribution >= 4 is 5.91 Å². The summed E-state index contributed by atoms with van der Waals surface area (Å²) in [6, 6.07) is 4.79. The van der Waals surface area contributed by atoms with E-state index in [1.807, 2.05) is 6.92 Å². The van der Waals surface area contributed by atoms with E-state index < -0.39 is 11.7 Å². The molecule has 1 aliphatic rings. The lowest BCUT2D eigenvalue weighted by atomic mass is 10.1. The molecule has 7 heteroatoms. The molecule has 4 nitrogen and oxygen atoms in total. The Morgan fingerprint density at radius 2 is 1.90 bits per heavy atom. The van der Waals surface area contributed by atoms with E-state index in [-0.39, 0.29) is 18.5 Å². The van der Waals surface area contributed by atoms with Gasteiger partial charge in [0.2, 0.25) is 5.91 Å². The Hall–Kier alpha value is -1.60. The van der Waals surface area contributed by atoms with Crippen molar-refractivity contribution in [1.82, 2.24) is 16.0 Å². The molecular weight excluding hydrogens is 283 g/mol. The first-order valence-electron chi connectivity index (χ1n) is 6.77. The van der Waals surface area contributed by atoms with Gasteiger partial charge < -0.3 is 16.0 Å². The van der Waals surface area contributed by atoms with Crippen LogP contribution in [0.5, 0.6) is 0 Å². The highest BCUT2D eigenvalue weighted by Crippen LogP contribution is 2.28. The Kier molecular flexibility index (Phi) is 4.84. The van der Waals surface area contributed by atoms with Gasteiger partial charge in [0.25, 0.3) is 0 Å². The largest absolute Gasteiger partial charge is 0.416 e. The summed E-state index contributed by atoms with van der Waals surface area (Å²) in [7, 11) is 0. The molecule has 2 rings (SSSR count). The van der Waals surface area contributed by atoms with Gasteiger partial charge in [0.1, 0.15) is 0 Å². The standard InChI is InChI=1S/C14H18F3N3O/c1-9-6-19-12(8-18-9)13(21)20-7-10-2-4-11(5-3-10)14(15,16)17/h2-5,9,12,18-19H,6-8H2,1H3,(H,20,21). The topological polar surface area (TPSA) is 53.2 Å². The Morgan fingerprint density at radius 1 is 1.24 bits per heavy atom. The quantitative estimate of drug-likeness (QED) is 0.788. The van der Waals surface area contributed by atoms with Gasteiger partial charge in [-0.2, -0.15) is 13.2 Å². The Morgan fingerprint density at radius 3 is 2.43 bits per heavy atom. The van der Waals surface area contributed by atoms with Gasteiger partial charge in [-0.1, -0.05) is 12.1 Å². The van der Waals surface area contributed by atoms with Crippen molar-refractivity contribution in [3.05, 3.63) is 35.4 Å². The molecule has 1 saturated heterocycles. The van der Waals surface area contributed by atoms with Crippen molar-refractivity contribution in [2.45, 2.75) is 31.7 Å². The van der Waals surface area contributed by atoms with Crippen molar-refractivity contribution in [3.63, 3.8) is 0 Å². The number of piperazine rings is 1. The molecule has 21 heavy (non-hydrogen) atoms. The molecule has 1 aromatic rings. The molecule has 1 fully saturated rings. The van der Waals surface area contributed by atoms with Crippen LogP contribution in [0.2, 0.25) is 0 Å². The Balaban J connectivity index is 1.84. The van der Waals surface area contributed by atoms with Gasteiger partial charge >= 0.3 is 6.18 Å². The molecule has 116 valence electrons. The van der Waals surface area contributed by atoms with Crippen LogP contribution < -0.4 is 16.0 Å². The number of hydrogen-bond acceptors (Lipinski definition) is 3. The highest BCUT2D eigenvalue weighted by atomic mass is 19.4. The predicted molar refractivity (Wildman–Crippen MR) is 72.5 cm³/mol. The second kappa shape index (κ2) is 6.44. The average molecular weight is 301 g/mol. The van der Waals surface area contributed by atoms with Gasteiger partial charge in [0, 0.05) is 25.7 Å². The second-order valence-corrected chi connectivity index (χ2v) is 5.18. The summed E-state index contributed by atoms with van der Waals surface area (Å²) in [5, 5.41) is 9.02. The summed E-state index contributed by atoms with van der Waals surface area (Å²) < 4.78 is 37.3. The molecule has 1 aliphatic heterocycles. The highest BCUT2D eigenvalue weighted by Gasteiger charge is 2.30. The third-order valence-electron chi connectivity index (χ3n) is 3.41. The van der Waals surface area contributed by atoms with E-state index in [4.69, 9.17) is 0 Å². The molecule has 2 unspecified atom stereocenters. The number of carbonyl (C=O) groups excluding carboxylic acids is 1.